The molecule has 2 amide bonds. The summed E-state index contributed by atoms with van der Waals surface area (Å²) in [5.74, 6) is -3.68. The molecule has 0 bridgehead atoms. The number of alkyl halides is 1. The summed E-state index contributed by atoms with van der Waals surface area (Å²) in [7, 11) is 1.51. The zero-order valence-corrected chi connectivity index (χ0v) is 23.5. The lowest BCUT2D eigenvalue weighted by atomic mass is 9.97. The number of halogens is 1. The third kappa shape index (κ3) is 7.52. The maximum Gasteiger partial charge on any atom is 0.358 e. The number of fused-ring (bicyclic) bond motifs is 1. The Hall–Kier alpha value is -2.49. The number of Topliss-reactive ketones (excluding diaryl/α,β-unsaturated/α-hetero) is 1. The molecule has 0 saturated carbocycles. The van der Waals surface area contributed by atoms with E-state index < -0.39 is 58.4 Å². The number of methoxy groups -OCH3 is 1. The first-order chi connectivity index (χ1) is 17.4. The molecule has 0 aromatic rings. The quantitative estimate of drug-likeness (QED) is 0.0366. The lowest BCUT2D eigenvalue weighted by Gasteiger charge is -2.49. The van der Waals surface area contributed by atoms with E-state index in [9.17, 15) is 24.0 Å². The van der Waals surface area contributed by atoms with E-state index in [2.05, 4.69) is 26.4 Å². The van der Waals surface area contributed by atoms with Crippen molar-refractivity contribution in [3.8, 4) is 0 Å². The van der Waals surface area contributed by atoms with Crippen LogP contribution in [0.1, 0.15) is 27.7 Å². The van der Waals surface area contributed by atoms with Crippen molar-refractivity contribution in [2.75, 3.05) is 38.0 Å². The zero-order chi connectivity index (χ0) is 27.9. The minimum absolute atomic E-state index is 0.00550. The molecule has 2 heterocycles. The fourth-order valence-electron chi connectivity index (χ4n) is 3.18. The number of ether oxygens (including phenoxy) is 4. The standard InChI is InChI=1S/C22H30BrN3O10S/c1-11(36-21(31)22(2,3)4)35-20(30)16-12(9-34-7-6-33-5)10-37-19-15(18(29)26(16)19)24-17(28)14(25-32)13(27)8-23/h11,15,19,32H,6-10H2,1-5H3,(H,24,28)/t11?,15?,19-/m0/s1. The van der Waals surface area contributed by atoms with Crippen LogP contribution in [-0.4, -0.2) is 101 Å². The summed E-state index contributed by atoms with van der Waals surface area (Å²) in [4.78, 5) is 63.7. The summed E-state index contributed by atoms with van der Waals surface area (Å²) in [5.41, 5.74) is -1.20. The number of carbonyl (C=O) groups is 5. The van der Waals surface area contributed by atoms with Gasteiger partial charge in [0, 0.05) is 19.8 Å². The van der Waals surface area contributed by atoms with Crippen molar-refractivity contribution in [3.05, 3.63) is 11.3 Å². The highest BCUT2D eigenvalue weighted by atomic mass is 79.9. The lowest BCUT2D eigenvalue weighted by molar-refractivity contribution is -0.190. The third-order valence-electron chi connectivity index (χ3n) is 5.09. The average molecular weight is 608 g/mol. The number of hydrogen-bond donors (Lipinski definition) is 2. The normalized spacial score (nSPS) is 20.5. The number of esters is 2. The van der Waals surface area contributed by atoms with Crippen LogP contribution in [0.3, 0.4) is 0 Å². The van der Waals surface area contributed by atoms with Crippen molar-refractivity contribution in [2.24, 2.45) is 10.6 Å². The average Bonchev–Trinajstić information content (AvgIpc) is 2.84. The molecule has 2 unspecified atom stereocenters. The topological polar surface area (TPSA) is 170 Å². The number of hydrogen-bond acceptors (Lipinski definition) is 12. The summed E-state index contributed by atoms with van der Waals surface area (Å²) >= 11 is 4.14. The maximum atomic E-state index is 13.1. The summed E-state index contributed by atoms with van der Waals surface area (Å²) in [6.45, 7) is 6.90. The molecule has 1 saturated heterocycles. The molecule has 0 spiro atoms. The molecule has 206 valence electrons. The maximum absolute atomic E-state index is 13.1. The highest BCUT2D eigenvalue weighted by molar-refractivity contribution is 9.09. The van der Waals surface area contributed by atoms with E-state index in [0.29, 0.717) is 12.2 Å². The van der Waals surface area contributed by atoms with Crippen LogP contribution in [0.15, 0.2) is 16.4 Å². The molecular formula is C22H30BrN3O10S. The van der Waals surface area contributed by atoms with Gasteiger partial charge in [0.05, 0.1) is 30.6 Å². The number of ketones is 1. The molecule has 2 aliphatic rings. The Morgan fingerprint density at radius 3 is 2.49 bits per heavy atom. The molecule has 15 heteroatoms. The largest absolute Gasteiger partial charge is 0.425 e. The predicted molar refractivity (Wildman–Crippen MR) is 134 cm³/mol. The van der Waals surface area contributed by atoms with E-state index in [1.807, 2.05) is 0 Å². The molecule has 0 radical (unpaired) electrons. The van der Waals surface area contributed by atoms with Gasteiger partial charge in [0.1, 0.15) is 17.1 Å². The fourth-order valence-corrected chi connectivity index (χ4v) is 4.77. The Labute approximate surface area is 226 Å². The van der Waals surface area contributed by atoms with E-state index >= 15 is 0 Å². The smallest absolute Gasteiger partial charge is 0.358 e. The number of nitrogens with zero attached hydrogens (tertiary/aromatic N) is 2. The van der Waals surface area contributed by atoms with Crippen LogP contribution >= 0.6 is 27.7 Å². The number of nitrogens with one attached hydrogen (secondary N) is 1. The minimum atomic E-state index is -1.24. The molecule has 2 rings (SSSR count). The van der Waals surface area contributed by atoms with E-state index in [1.54, 1.807) is 20.8 Å². The molecule has 2 aliphatic heterocycles. The van der Waals surface area contributed by atoms with E-state index in [1.165, 1.54) is 25.8 Å². The number of thioether (sulfide) groups is 1. The van der Waals surface area contributed by atoms with Gasteiger partial charge in [-0.15, -0.1) is 11.8 Å². The van der Waals surface area contributed by atoms with Crippen molar-refractivity contribution in [2.45, 2.75) is 45.4 Å². The van der Waals surface area contributed by atoms with Gasteiger partial charge in [-0.2, -0.15) is 0 Å². The number of β-lactam (4-membered cyclic amide) rings is 1. The SMILES string of the molecule is COCCOCC1=C(C(=O)OC(C)OC(=O)C(C)(C)C)N2C(=O)C(NC(=O)C(=NO)C(=O)CBr)[C@@H]2SC1. The van der Waals surface area contributed by atoms with Gasteiger partial charge in [0.25, 0.3) is 11.8 Å². The lowest BCUT2D eigenvalue weighted by Crippen LogP contribution is -2.71. The van der Waals surface area contributed by atoms with Crippen LogP contribution in [-0.2, 0) is 42.9 Å². The Kier molecular flexibility index (Phi) is 11.1. The summed E-state index contributed by atoms with van der Waals surface area (Å²) in [5, 5.41) is 13.2. The second-order valence-electron chi connectivity index (χ2n) is 8.99. The van der Waals surface area contributed by atoms with Gasteiger partial charge >= 0.3 is 11.9 Å². The van der Waals surface area contributed by atoms with Crippen molar-refractivity contribution in [1.29, 1.82) is 0 Å². The van der Waals surface area contributed by atoms with Crippen molar-refractivity contribution in [3.63, 3.8) is 0 Å². The Balaban J connectivity index is 2.23. The molecule has 13 nitrogen and oxygen atoms in total. The van der Waals surface area contributed by atoms with Gasteiger partial charge < -0.3 is 29.5 Å². The highest BCUT2D eigenvalue weighted by Gasteiger charge is 2.55. The Morgan fingerprint density at radius 1 is 1.24 bits per heavy atom. The van der Waals surface area contributed by atoms with Crippen LogP contribution in [0.25, 0.3) is 0 Å². The summed E-state index contributed by atoms with van der Waals surface area (Å²) in [6, 6.07) is -1.09. The summed E-state index contributed by atoms with van der Waals surface area (Å²) < 4.78 is 21.0. The molecule has 0 aromatic carbocycles. The van der Waals surface area contributed by atoms with Crippen LogP contribution in [0, 0.1) is 5.41 Å². The van der Waals surface area contributed by atoms with Crippen molar-refractivity contribution < 1.29 is 48.1 Å². The van der Waals surface area contributed by atoms with Gasteiger partial charge in [0.2, 0.25) is 17.8 Å². The number of carbonyl (C=O) groups excluding carboxylic acids is 5. The highest BCUT2D eigenvalue weighted by Crippen LogP contribution is 2.41. The monoisotopic (exact) mass is 607 g/mol. The Morgan fingerprint density at radius 2 is 1.92 bits per heavy atom. The molecule has 0 aliphatic carbocycles. The van der Waals surface area contributed by atoms with Gasteiger partial charge in [-0.3, -0.25) is 24.1 Å². The first-order valence-corrected chi connectivity index (χ1v) is 13.3. The first kappa shape index (κ1) is 30.7. The van der Waals surface area contributed by atoms with Crippen molar-refractivity contribution in [1.82, 2.24) is 10.2 Å². The van der Waals surface area contributed by atoms with Crippen molar-refractivity contribution >= 4 is 62.9 Å². The van der Waals surface area contributed by atoms with Crippen LogP contribution in [0.4, 0.5) is 0 Å². The van der Waals surface area contributed by atoms with Crippen LogP contribution in [0.2, 0.25) is 0 Å². The molecule has 1 fully saturated rings. The second kappa shape index (κ2) is 13.3. The van der Waals surface area contributed by atoms with Gasteiger partial charge in [-0.25, -0.2) is 4.79 Å². The van der Waals surface area contributed by atoms with Crippen LogP contribution < -0.4 is 5.32 Å². The predicted octanol–water partition coefficient (Wildman–Crippen LogP) is 0.576. The van der Waals surface area contributed by atoms with Gasteiger partial charge in [-0.05, 0) is 26.3 Å². The van der Waals surface area contributed by atoms with E-state index in [4.69, 9.17) is 24.2 Å². The molecule has 0 aromatic heterocycles. The number of rotatable bonds is 12. The summed E-state index contributed by atoms with van der Waals surface area (Å²) in [6.07, 6.45) is -1.24. The van der Waals surface area contributed by atoms with Gasteiger partial charge in [-0.1, -0.05) is 21.1 Å². The fraction of sp³-hybridized carbons (Fsp3) is 0.636. The second-order valence-corrected chi connectivity index (χ2v) is 10.7. The van der Waals surface area contributed by atoms with E-state index in [0.717, 1.165) is 4.90 Å². The van der Waals surface area contributed by atoms with Crippen LogP contribution in [0.5, 0.6) is 0 Å². The molecule has 3 atom stereocenters. The molecule has 37 heavy (non-hydrogen) atoms. The number of amides is 2. The number of oxime groups is 1. The minimum Gasteiger partial charge on any atom is -0.425 e. The first-order valence-electron chi connectivity index (χ1n) is 11.1. The molecule has 2 N–H and O–H groups in total. The van der Waals surface area contributed by atoms with Gasteiger partial charge in [0.15, 0.2) is 0 Å². The zero-order valence-electron chi connectivity index (χ0n) is 21.1. The third-order valence-corrected chi connectivity index (χ3v) is 6.94. The Bertz CT molecular complexity index is 994. The molecular weight excluding hydrogens is 578 g/mol. The van der Waals surface area contributed by atoms with E-state index in [-0.39, 0.29) is 30.0 Å².